The van der Waals surface area contributed by atoms with Crippen LogP contribution < -0.4 is 45.1 Å². The van der Waals surface area contributed by atoms with Gasteiger partial charge in [0.25, 0.3) is 0 Å². The van der Waals surface area contributed by atoms with Gasteiger partial charge in [-0.3, -0.25) is 24.0 Å². The lowest BCUT2D eigenvalue weighted by atomic mass is 10.1. The van der Waals surface area contributed by atoms with Gasteiger partial charge in [0.05, 0.1) is 34.3 Å². The molecule has 0 heterocycles. The van der Waals surface area contributed by atoms with Gasteiger partial charge in [0.1, 0.15) is 6.73 Å². The number of rotatable bonds is 19. The Balaban J connectivity index is -0.000000126. The molecule has 0 saturated heterocycles. The van der Waals surface area contributed by atoms with Gasteiger partial charge in [-0.05, 0) is 32.1 Å². The third kappa shape index (κ3) is 45.5. The number of nitrogens with zero attached hydrogens (tertiary/aromatic N) is 1. The zero-order valence-electron chi connectivity index (χ0n) is 34.5. The Labute approximate surface area is 317 Å². The Hall–Kier alpha value is -2.52. The molecule has 308 valence electrons. The summed E-state index contributed by atoms with van der Waals surface area (Å²) >= 11 is 0. The fourth-order valence-corrected chi connectivity index (χ4v) is 2.86. The Morgan fingerprint density at radius 2 is 0.882 bits per heavy atom. The van der Waals surface area contributed by atoms with Crippen LogP contribution in [0.5, 0.6) is 0 Å². The van der Waals surface area contributed by atoms with Crippen LogP contribution in [0.3, 0.4) is 0 Å². The highest BCUT2D eigenvalue weighted by Gasteiger charge is 2.11. The van der Waals surface area contributed by atoms with Gasteiger partial charge in [-0.15, -0.1) is 0 Å². The van der Waals surface area contributed by atoms with Crippen molar-refractivity contribution < 1.29 is 51.1 Å². The monoisotopic (exact) mass is 758 g/mol. The average molecular weight is 759 g/mol. The van der Waals surface area contributed by atoms with Gasteiger partial charge in [-0.1, -0.05) is 69.2 Å². The lowest BCUT2D eigenvalue weighted by Gasteiger charge is -2.23. The van der Waals surface area contributed by atoms with E-state index in [9.17, 15) is 24.0 Å². The molecule has 5 unspecified atom stereocenters. The van der Waals surface area contributed by atoms with Crippen molar-refractivity contribution in [1.29, 1.82) is 0 Å². The molecule has 0 aliphatic carbocycles. The summed E-state index contributed by atoms with van der Waals surface area (Å²) in [6, 6.07) is 0. The molecule has 0 aromatic rings. The highest BCUT2D eigenvalue weighted by Crippen LogP contribution is 2.01. The number of halogens is 1. The summed E-state index contributed by atoms with van der Waals surface area (Å²) in [6.07, 6.45) is 5.35. The maximum Gasteiger partial charge on any atom is 0.224 e. The number of quaternary nitrogens is 1. The predicted octanol–water partition coefficient (Wildman–Crippen LogP) is -0.886. The fraction of sp³-hybridized carbons (Fsp3) is 0.861. The number of aliphatic hydroxyl groups is 2. The van der Waals surface area contributed by atoms with Crippen molar-refractivity contribution in [3.63, 3.8) is 0 Å². The first-order chi connectivity index (χ1) is 23.2. The zero-order valence-corrected chi connectivity index (χ0v) is 35.3. The minimum Gasteiger partial charge on any atom is -1.00 e. The molecule has 0 aliphatic heterocycles. The van der Waals surface area contributed by atoms with E-state index in [1.54, 1.807) is 0 Å². The number of nitrogens with one attached hydrogen (secondary N) is 4. The smallest absolute Gasteiger partial charge is 0.224 e. The fourth-order valence-electron chi connectivity index (χ4n) is 2.86. The SMILES string of the molecule is CCC(C)C(=O)NCCC[N+](C)(C)C.CCC(C)C(=O)NCCN.CCC(C)C(=O)NCCO.CCC(C)C(=O)NCO.CCC(C)C(N)=O.[Cl-]. The molecular formula is C36H80ClN7O7. The molecular weight excluding hydrogens is 678 g/mol. The minimum absolute atomic E-state index is 0. The molecule has 0 spiro atoms. The summed E-state index contributed by atoms with van der Waals surface area (Å²) in [7, 11) is 6.49. The van der Waals surface area contributed by atoms with Gasteiger partial charge in [0.15, 0.2) is 0 Å². The van der Waals surface area contributed by atoms with Crippen molar-refractivity contribution in [2.75, 3.05) is 67.2 Å². The molecule has 14 nitrogen and oxygen atoms in total. The second-order valence-electron chi connectivity index (χ2n) is 13.4. The molecule has 0 rings (SSSR count). The van der Waals surface area contributed by atoms with Gasteiger partial charge in [0, 0.05) is 62.2 Å². The van der Waals surface area contributed by atoms with Crippen molar-refractivity contribution >= 4 is 29.5 Å². The maximum absolute atomic E-state index is 11.4. The average Bonchev–Trinajstić information content (AvgIpc) is 3.09. The molecule has 5 atom stereocenters. The molecule has 15 heteroatoms. The van der Waals surface area contributed by atoms with E-state index in [4.69, 9.17) is 21.7 Å². The summed E-state index contributed by atoms with van der Waals surface area (Å²) in [4.78, 5) is 54.1. The lowest BCUT2D eigenvalue weighted by molar-refractivity contribution is -0.870. The second kappa shape index (κ2) is 40.3. The lowest BCUT2D eigenvalue weighted by Crippen LogP contribution is -3.00. The van der Waals surface area contributed by atoms with Crippen LogP contribution in [0, 0.1) is 29.6 Å². The Kier molecular flexibility index (Phi) is 47.8. The number of carbonyl (C=O) groups excluding carboxylic acids is 5. The van der Waals surface area contributed by atoms with Crippen LogP contribution in [-0.2, 0) is 24.0 Å². The van der Waals surface area contributed by atoms with E-state index in [0.29, 0.717) is 19.6 Å². The molecule has 0 aromatic carbocycles. The Morgan fingerprint density at radius 3 is 1.12 bits per heavy atom. The molecule has 0 radical (unpaired) electrons. The van der Waals surface area contributed by atoms with Crippen LogP contribution >= 0.6 is 0 Å². The van der Waals surface area contributed by atoms with Crippen LogP contribution in [0.1, 0.15) is 108 Å². The van der Waals surface area contributed by atoms with E-state index in [-0.39, 0.29) is 84.9 Å². The van der Waals surface area contributed by atoms with Crippen LogP contribution in [0.2, 0.25) is 0 Å². The van der Waals surface area contributed by atoms with Gasteiger partial charge in [0.2, 0.25) is 29.5 Å². The highest BCUT2D eigenvalue weighted by molar-refractivity contribution is 5.79. The Morgan fingerprint density at radius 1 is 0.569 bits per heavy atom. The molecule has 51 heavy (non-hydrogen) atoms. The van der Waals surface area contributed by atoms with Crippen molar-refractivity contribution in [2.24, 2.45) is 41.1 Å². The van der Waals surface area contributed by atoms with Crippen molar-refractivity contribution in [3.05, 3.63) is 0 Å². The van der Waals surface area contributed by atoms with E-state index >= 15 is 0 Å². The first-order valence-electron chi connectivity index (χ1n) is 18.3. The van der Waals surface area contributed by atoms with Gasteiger partial charge in [-0.25, -0.2) is 0 Å². The Bertz CT molecular complexity index is 836. The van der Waals surface area contributed by atoms with Crippen LogP contribution in [0.4, 0.5) is 0 Å². The van der Waals surface area contributed by atoms with E-state index in [2.05, 4.69) is 42.4 Å². The third-order valence-corrected chi connectivity index (χ3v) is 7.75. The second-order valence-corrected chi connectivity index (χ2v) is 13.4. The largest absolute Gasteiger partial charge is 1.00 e. The predicted molar refractivity (Wildman–Crippen MR) is 204 cm³/mol. The van der Waals surface area contributed by atoms with E-state index < -0.39 is 0 Å². The summed E-state index contributed by atoms with van der Waals surface area (Å²) in [5.41, 5.74) is 10.1. The number of hydrogen-bond donors (Lipinski definition) is 8. The topological polar surface area (TPSA) is 226 Å². The molecule has 0 fully saturated rings. The number of primary amides is 1. The molecule has 0 saturated carbocycles. The normalized spacial score (nSPS) is 12.9. The number of nitrogens with two attached hydrogens (primary N) is 2. The van der Waals surface area contributed by atoms with Crippen molar-refractivity contribution in [1.82, 2.24) is 21.3 Å². The summed E-state index contributed by atoms with van der Waals surface area (Å²) in [6.45, 7) is 22.4. The minimum atomic E-state index is -0.261. The molecule has 5 amide bonds. The van der Waals surface area contributed by atoms with Gasteiger partial charge < -0.3 is 59.8 Å². The molecule has 10 N–H and O–H groups in total. The van der Waals surface area contributed by atoms with Crippen LogP contribution in [0.15, 0.2) is 0 Å². The number of hydrogen-bond acceptors (Lipinski definition) is 8. The summed E-state index contributed by atoms with van der Waals surface area (Å²) < 4.78 is 0.958. The number of aliphatic hydroxyl groups excluding tert-OH is 2. The third-order valence-electron chi connectivity index (χ3n) is 7.75. The van der Waals surface area contributed by atoms with E-state index in [1.807, 2.05) is 69.2 Å². The zero-order chi connectivity index (χ0) is 40.3. The summed E-state index contributed by atoms with van der Waals surface area (Å²) in [5, 5.41) is 27.2. The molecule has 0 aliphatic rings. The maximum atomic E-state index is 11.4. The van der Waals surface area contributed by atoms with E-state index in [0.717, 1.165) is 56.1 Å². The van der Waals surface area contributed by atoms with Gasteiger partial charge >= 0.3 is 0 Å². The molecule has 0 aromatic heterocycles. The van der Waals surface area contributed by atoms with Crippen LogP contribution in [0.25, 0.3) is 0 Å². The van der Waals surface area contributed by atoms with Gasteiger partial charge in [-0.2, -0.15) is 0 Å². The van der Waals surface area contributed by atoms with E-state index in [1.165, 1.54) is 0 Å². The highest BCUT2D eigenvalue weighted by atomic mass is 35.5. The van der Waals surface area contributed by atoms with Crippen molar-refractivity contribution in [2.45, 2.75) is 108 Å². The summed E-state index contributed by atoms with van der Waals surface area (Å²) in [5.74, 6) is 0.412. The van der Waals surface area contributed by atoms with Crippen LogP contribution in [-0.4, -0.2) is 111 Å². The van der Waals surface area contributed by atoms with Crippen molar-refractivity contribution in [3.8, 4) is 0 Å². The molecule has 0 bridgehead atoms. The quantitative estimate of drug-likeness (QED) is 0.0468. The number of carbonyl (C=O) groups is 5. The first kappa shape index (κ1) is 60.6. The number of amides is 5. The standard InChI is InChI=1S/C11H24N2O.C7H16N2O.C7H15NO2.C6H13NO2.C5H11NO.ClH/c1-6-10(2)11(14)12-8-7-9-13(3,4)5;1-3-6(2)7(10)9-5-4-8;1-3-6(2)7(10)8-4-5-9;1-3-5(2)6(9)7-4-8;1-3-4(2)5(6)7;/h10H,6-9H2,1-5H3;6H,3-5,8H2,1-2H3,(H,9,10);6,9H,3-5H2,1-2H3,(H,8,10);5,8H,3-4H2,1-2H3,(H,7,9);4H,3H2,1-2H3,(H2,6,7);1H. The first-order valence-corrected chi connectivity index (χ1v) is 18.3.